The summed E-state index contributed by atoms with van der Waals surface area (Å²) in [4.78, 5) is 12.5. The Morgan fingerprint density at radius 3 is 2.29 bits per heavy atom. The van der Waals surface area contributed by atoms with E-state index in [1.807, 2.05) is 6.07 Å². The minimum absolute atomic E-state index is 0.00566. The molecule has 0 aliphatic carbocycles. The van der Waals surface area contributed by atoms with Crippen LogP contribution in [0.15, 0.2) is 77.2 Å². The number of amides is 1. The fraction of sp³-hybridized carbons (Fsp3) is 0.0833. The standard InChI is InChI=1S/C24H19ClN2O6S/c1-31-19-10-8-18(9-11-19)27-24(28)17(15-26)12-16-13-21(25)23(22(14-16)32-2)33-34(29,30)20-6-4-3-5-7-20/h3-14H,1-2H3,(H,27,28)/b17-12+. The van der Waals surface area contributed by atoms with Crippen molar-refractivity contribution in [3.8, 4) is 23.3 Å². The van der Waals surface area contributed by atoms with Crippen LogP contribution in [0.25, 0.3) is 6.08 Å². The van der Waals surface area contributed by atoms with Crippen LogP contribution in [0.4, 0.5) is 5.69 Å². The van der Waals surface area contributed by atoms with Crippen molar-refractivity contribution >= 4 is 39.4 Å². The summed E-state index contributed by atoms with van der Waals surface area (Å²) in [6.45, 7) is 0. The Morgan fingerprint density at radius 1 is 1.03 bits per heavy atom. The third-order valence-electron chi connectivity index (χ3n) is 4.50. The van der Waals surface area contributed by atoms with Crippen molar-refractivity contribution in [1.82, 2.24) is 0 Å². The molecule has 3 rings (SSSR count). The summed E-state index contributed by atoms with van der Waals surface area (Å²) in [5.41, 5.74) is 0.588. The number of ether oxygens (including phenoxy) is 2. The molecule has 0 radical (unpaired) electrons. The largest absolute Gasteiger partial charge is 0.497 e. The number of methoxy groups -OCH3 is 2. The van der Waals surface area contributed by atoms with Crippen molar-refractivity contribution in [2.75, 3.05) is 19.5 Å². The van der Waals surface area contributed by atoms with Gasteiger partial charge < -0.3 is 19.0 Å². The molecule has 8 nitrogen and oxygen atoms in total. The van der Waals surface area contributed by atoms with Crippen LogP contribution in [0.5, 0.6) is 17.2 Å². The van der Waals surface area contributed by atoms with Crippen molar-refractivity contribution in [2.45, 2.75) is 4.90 Å². The van der Waals surface area contributed by atoms with Crippen molar-refractivity contribution < 1.29 is 26.9 Å². The van der Waals surface area contributed by atoms with Crippen molar-refractivity contribution in [2.24, 2.45) is 0 Å². The van der Waals surface area contributed by atoms with Gasteiger partial charge in [0.2, 0.25) is 5.75 Å². The molecule has 0 heterocycles. The van der Waals surface area contributed by atoms with Crippen molar-refractivity contribution in [1.29, 1.82) is 5.26 Å². The maximum absolute atomic E-state index is 12.6. The van der Waals surface area contributed by atoms with Gasteiger partial charge in [-0.15, -0.1) is 0 Å². The highest BCUT2D eigenvalue weighted by molar-refractivity contribution is 7.87. The number of hydrogen-bond donors (Lipinski definition) is 1. The second-order valence-electron chi connectivity index (χ2n) is 6.74. The monoisotopic (exact) mass is 498 g/mol. The molecule has 0 bridgehead atoms. The number of nitrogens with one attached hydrogen (secondary N) is 1. The van der Waals surface area contributed by atoms with Gasteiger partial charge in [-0.25, -0.2) is 0 Å². The number of carbonyl (C=O) groups excluding carboxylic acids is 1. The van der Waals surface area contributed by atoms with E-state index in [9.17, 15) is 18.5 Å². The Bertz CT molecular complexity index is 1370. The minimum atomic E-state index is -4.17. The second kappa shape index (κ2) is 10.7. The number of benzene rings is 3. The third kappa shape index (κ3) is 5.86. The molecule has 0 aromatic heterocycles. The van der Waals surface area contributed by atoms with E-state index in [2.05, 4.69) is 5.32 Å². The molecular formula is C24H19ClN2O6S. The summed E-state index contributed by atoms with van der Waals surface area (Å²) in [6, 6.07) is 18.7. The smallest absolute Gasteiger partial charge is 0.339 e. The number of nitriles is 1. The Hall–Kier alpha value is -4.00. The molecular weight excluding hydrogens is 480 g/mol. The number of rotatable bonds is 8. The first-order valence-electron chi connectivity index (χ1n) is 9.71. The van der Waals surface area contributed by atoms with Gasteiger partial charge in [0.15, 0.2) is 5.75 Å². The highest BCUT2D eigenvalue weighted by Crippen LogP contribution is 2.38. The molecule has 0 spiro atoms. The minimum Gasteiger partial charge on any atom is -0.497 e. The SMILES string of the molecule is COc1ccc(NC(=O)/C(C#N)=C/c2cc(Cl)c(OS(=O)(=O)c3ccccc3)c(OC)c2)cc1. The fourth-order valence-electron chi connectivity index (χ4n) is 2.84. The summed E-state index contributed by atoms with van der Waals surface area (Å²) in [5.74, 6) is -0.236. The molecule has 0 saturated heterocycles. The number of carbonyl (C=O) groups is 1. The van der Waals surface area contributed by atoms with Crippen LogP contribution < -0.4 is 19.0 Å². The highest BCUT2D eigenvalue weighted by atomic mass is 35.5. The average molecular weight is 499 g/mol. The van der Waals surface area contributed by atoms with E-state index in [4.69, 9.17) is 25.3 Å². The fourth-order valence-corrected chi connectivity index (χ4v) is 4.12. The van der Waals surface area contributed by atoms with E-state index in [-0.39, 0.29) is 27.0 Å². The Morgan fingerprint density at radius 2 is 1.71 bits per heavy atom. The molecule has 0 atom stereocenters. The Kier molecular flexibility index (Phi) is 7.79. The van der Waals surface area contributed by atoms with Gasteiger partial charge in [-0.05, 0) is 60.2 Å². The van der Waals surface area contributed by atoms with E-state index in [1.54, 1.807) is 42.5 Å². The molecule has 3 aromatic rings. The molecule has 0 fully saturated rings. The summed E-state index contributed by atoms with van der Waals surface area (Å²) < 4.78 is 40.7. The van der Waals surface area contributed by atoms with Crippen LogP contribution >= 0.6 is 11.6 Å². The summed E-state index contributed by atoms with van der Waals surface area (Å²) in [6.07, 6.45) is 1.29. The summed E-state index contributed by atoms with van der Waals surface area (Å²) >= 11 is 6.28. The number of halogens is 1. The summed E-state index contributed by atoms with van der Waals surface area (Å²) in [7, 11) is -1.33. The Labute approximate surface area is 202 Å². The van der Waals surface area contributed by atoms with Gasteiger partial charge in [0, 0.05) is 5.69 Å². The predicted molar refractivity (Wildman–Crippen MR) is 127 cm³/mol. The zero-order valence-electron chi connectivity index (χ0n) is 18.1. The van der Waals surface area contributed by atoms with Gasteiger partial charge in [-0.1, -0.05) is 29.8 Å². The first-order chi connectivity index (χ1) is 16.3. The van der Waals surface area contributed by atoms with Gasteiger partial charge in [-0.2, -0.15) is 13.7 Å². The van der Waals surface area contributed by atoms with Crippen LogP contribution in [0.3, 0.4) is 0 Å². The number of hydrogen-bond acceptors (Lipinski definition) is 7. The van der Waals surface area contributed by atoms with Crippen molar-refractivity contribution in [3.63, 3.8) is 0 Å². The summed E-state index contributed by atoms with van der Waals surface area (Å²) in [5, 5.41) is 12.0. The highest BCUT2D eigenvalue weighted by Gasteiger charge is 2.22. The lowest BCUT2D eigenvalue weighted by Gasteiger charge is -2.13. The number of nitrogens with zero attached hydrogens (tertiary/aromatic N) is 1. The van der Waals surface area contributed by atoms with E-state index >= 15 is 0 Å². The maximum atomic E-state index is 12.6. The van der Waals surface area contributed by atoms with Gasteiger partial charge in [0.05, 0.1) is 19.2 Å². The van der Waals surface area contributed by atoms with E-state index in [0.29, 0.717) is 17.0 Å². The predicted octanol–water partition coefficient (Wildman–Crippen LogP) is 4.67. The lowest BCUT2D eigenvalue weighted by atomic mass is 10.1. The van der Waals surface area contributed by atoms with Crippen LogP contribution in [-0.4, -0.2) is 28.5 Å². The zero-order valence-corrected chi connectivity index (χ0v) is 19.7. The van der Waals surface area contributed by atoms with Gasteiger partial charge in [-0.3, -0.25) is 4.79 Å². The van der Waals surface area contributed by atoms with Gasteiger partial charge in [0.25, 0.3) is 5.91 Å². The average Bonchev–Trinajstić information content (AvgIpc) is 2.84. The molecule has 0 unspecified atom stereocenters. The molecule has 0 aliphatic heterocycles. The lowest BCUT2D eigenvalue weighted by molar-refractivity contribution is -0.112. The number of anilines is 1. The van der Waals surface area contributed by atoms with E-state index in [1.165, 1.54) is 44.6 Å². The molecule has 10 heteroatoms. The molecule has 0 saturated carbocycles. The van der Waals surface area contributed by atoms with E-state index in [0.717, 1.165) is 0 Å². The van der Waals surface area contributed by atoms with Crippen LogP contribution in [0.1, 0.15) is 5.56 Å². The third-order valence-corrected chi connectivity index (χ3v) is 6.02. The molecule has 3 aromatic carbocycles. The maximum Gasteiger partial charge on any atom is 0.339 e. The quantitative estimate of drug-likeness (QED) is 0.272. The molecule has 1 N–H and O–H groups in total. The van der Waals surface area contributed by atoms with Crippen LogP contribution in [0.2, 0.25) is 5.02 Å². The zero-order chi connectivity index (χ0) is 24.7. The molecule has 34 heavy (non-hydrogen) atoms. The van der Waals surface area contributed by atoms with Gasteiger partial charge >= 0.3 is 10.1 Å². The van der Waals surface area contributed by atoms with E-state index < -0.39 is 16.0 Å². The van der Waals surface area contributed by atoms with Crippen LogP contribution in [-0.2, 0) is 14.9 Å². The normalized spacial score (nSPS) is 11.3. The lowest BCUT2D eigenvalue weighted by Crippen LogP contribution is -2.13. The molecule has 1 amide bonds. The topological polar surface area (TPSA) is 115 Å². The Balaban J connectivity index is 1.88. The molecule has 174 valence electrons. The van der Waals surface area contributed by atoms with Gasteiger partial charge in [0.1, 0.15) is 22.3 Å². The van der Waals surface area contributed by atoms with Crippen LogP contribution in [0, 0.1) is 11.3 Å². The first kappa shape index (κ1) is 24.6. The first-order valence-corrected chi connectivity index (χ1v) is 11.5. The second-order valence-corrected chi connectivity index (χ2v) is 8.69. The molecule has 0 aliphatic rings. The van der Waals surface area contributed by atoms with Crippen molar-refractivity contribution in [3.05, 3.63) is 82.9 Å².